The molecule has 0 unspecified atom stereocenters. The molecule has 2 aromatic rings. The van der Waals surface area contributed by atoms with Gasteiger partial charge in [-0.05, 0) is 113 Å². The first-order valence-electron chi connectivity index (χ1n) is 15.3. The molecule has 4 aliphatic carbocycles. The first kappa shape index (κ1) is 28.8. The molecule has 4 aliphatic rings. The lowest BCUT2D eigenvalue weighted by molar-refractivity contribution is -0.161. The number of methoxy groups -OCH3 is 1. The van der Waals surface area contributed by atoms with Gasteiger partial charge in [-0.2, -0.15) is 0 Å². The first-order chi connectivity index (χ1) is 19.0. The zero-order chi connectivity index (χ0) is 28.7. The van der Waals surface area contributed by atoms with E-state index in [-0.39, 0.29) is 29.3 Å². The molecule has 2 amide bonds. The van der Waals surface area contributed by atoms with Crippen molar-refractivity contribution in [3.05, 3.63) is 53.9 Å². The molecule has 6 heteroatoms. The number of carbonyl (C=O) groups excluding carboxylic acids is 2. The lowest BCUT2D eigenvalue weighted by atomic mass is 9.49. The van der Waals surface area contributed by atoms with Crippen LogP contribution in [0.15, 0.2) is 42.6 Å². The van der Waals surface area contributed by atoms with E-state index in [1.54, 1.807) is 7.11 Å². The number of nitrogens with zero attached hydrogens (tertiary/aromatic N) is 3. The van der Waals surface area contributed by atoms with Crippen molar-refractivity contribution < 1.29 is 14.3 Å². The highest BCUT2D eigenvalue weighted by molar-refractivity contribution is 5.88. The average molecular weight is 548 g/mol. The van der Waals surface area contributed by atoms with Gasteiger partial charge in [0.05, 0.1) is 25.6 Å². The summed E-state index contributed by atoms with van der Waals surface area (Å²) in [5.74, 6) is 3.55. The highest BCUT2D eigenvalue weighted by atomic mass is 16.5. The van der Waals surface area contributed by atoms with Gasteiger partial charge in [0.1, 0.15) is 5.75 Å². The third-order valence-corrected chi connectivity index (χ3v) is 9.53. The largest absolute Gasteiger partial charge is 0.497 e. The molecule has 218 valence electrons. The third-order valence-electron chi connectivity index (χ3n) is 9.53. The lowest BCUT2D eigenvalue weighted by Crippen LogP contribution is -2.57. The average Bonchev–Trinajstić information content (AvgIpc) is 3.31. The first-order valence-corrected chi connectivity index (χ1v) is 15.3. The summed E-state index contributed by atoms with van der Waals surface area (Å²) >= 11 is 0. The number of rotatable bonds is 10. The molecule has 1 aromatic heterocycles. The standard InChI is InChI=1S/C34H49N3O3/c1-24(2)20-36(32(39)34-17-26-13-27(18-34)15-28(14-26)19-34)23-31(38)37(33(3,4)5)22-29-10-8-12-35(29)21-25-9-7-11-30(16-25)40-6/h7-12,16,24,26-28H,13-15,17-23H2,1-6H3. The van der Waals surface area contributed by atoms with Crippen LogP contribution in [0.5, 0.6) is 5.75 Å². The molecular formula is C34H49N3O3. The van der Waals surface area contributed by atoms with Gasteiger partial charge in [0.2, 0.25) is 11.8 Å². The fourth-order valence-corrected chi connectivity index (χ4v) is 8.19. The Morgan fingerprint density at radius 3 is 2.25 bits per heavy atom. The minimum Gasteiger partial charge on any atom is -0.497 e. The second-order valence-electron chi connectivity index (χ2n) is 14.4. The summed E-state index contributed by atoms with van der Waals surface area (Å²) in [4.78, 5) is 32.3. The molecule has 40 heavy (non-hydrogen) atoms. The summed E-state index contributed by atoms with van der Waals surface area (Å²) in [7, 11) is 1.68. The number of carbonyl (C=O) groups is 2. The molecule has 0 aliphatic heterocycles. The Morgan fingerprint density at radius 2 is 1.68 bits per heavy atom. The summed E-state index contributed by atoms with van der Waals surface area (Å²) < 4.78 is 7.61. The third kappa shape index (κ3) is 6.11. The maximum Gasteiger partial charge on any atom is 0.242 e. The molecule has 6 rings (SSSR count). The van der Waals surface area contributed by atoms with E-state index >= 15 is 0 Å². The normalized spacial score (nSPS) is 25.3. The quantitative estimate of drug-likeness (QED) is 0.347. The van der Waals surface area contributed by atoms with Crippen LogP contribution in [0.3, 0.4) is 0 Å². The second-order valence-corrected chi connectivity index (χ2v) is 14.4. The van der Waals surface area contributed by atoms with Gasteiger partial charge in [0.15, 0.2) is 0 Å². The molecule has 4 bridgehead atoms. The maximum atomic E-state index is 14.3. The number of ether oxygens (including phenoxy) is 1. The van der Waals surface area contributed by atoms with Gasteiger partial charge in [-0.25, -0.2) is 0 Å². The predicted molar refractivity (Wildman–Crippen MR) is 159 cm³/mol. The SMILES string of the molecule is COc1cccc(Cn2cccc2CN(C(=O)CN(CC(C)C)C(=O)C23CC4CC(CC(C4)C2)C3)C(C)(C)C)c1. The van der Waals surface area contributed by atoms with Gasteiger partial charge in [0.25, 0.3) is 0 Å². The smallest absolute Gasteiger partial charge is 0.242 e. The maximum absolute atomic E-state index is 14.3. The van der Waals surface area contributed by atoms with Crippen molar-refractivity contribution in [2.24, 2.45) is 29.1 Å². The van der Waals surface area contributed by atoms with E-state index in [1.807, 2.05) is 28.0 Å². The van der Waals surface area contributed by atoms with Crippen molar-refractivity contribution in [2.45, 2.75) is 91.8 Å². The minimum atomic E-state index is -0.380. The molecule has 0 spiro atoms. The number of benzene rings is 1. The summed E-state index contributed by atoms with van der Waals surface area (Å²) in [6, 6.07) is 12.2. The van der Waals surface area contributed by atoms with Crippen LogP contribution in [0.1, 0.15) is 84.4 Å². The van der Waals surface area contributed by atoms with Crippen molar-refractivity contribution in [2.75, 3.05) is 20.2 Å². The Balaban J connectivity index is 1.34. The molecule has 0 saturated heterocycles. The van der Waals surface area contributed by atoms with Crippen molar-refractivity contribution in [3.8, 4) is 5.75 Å². The summed E-state index contributed by atoms with van der Waals surface area (Å²) in [6.07, 6.45) is 9.08. The fraction of sp³-hybridized carbons (Fsp3) is 0.647. The summed E-state index contributed by atoms with van der Waals surface area (Å²) in [6.45, 7) is 12.6. The van der Waals surface area contributed by atoms with Gasteiger partial charge < -0.3 is 19.1 Å². The second kappa shape index (κ2) is 11.3. The van der Waals surface area contributed by atoms with E-state index < -0.39 is 0 Å². The zero-order valence-corrected chi connectivity index (χ0v) is 25.5. The van der Waals surface area contributed by atoms with Crippen LogP contribution < -0.4 is 4.74 Å². The zero-order valence-electron chi connectivity index (χ0n) is 25.5. The van der Waals surface area contributed by atoms with E-state index in [1.165, 1.54) is 19.3 Å². The summed E-state index contributed by atoms with van der Waals surface area (Å²) in [5, 5.41) is 0. The van der Waals surface area contributed by atoms with Crippen LogP contribution in [-0.2, 0) is 22.7 Å². The van der Waals surface area contributed by atoms with Crippen LogP contribution >= 0.6 is 0 Å². The topological polar surface area (TPSA) is 54.8 Å². The van der Waals surface area contributed by atoms with Crippen molar-refractivity contribution in [3.63, 3.8) is 0 Å². The van der Waals surface area contributed by atoms with Crippen LogP contribution in [0, 0.1) is 29.1 Å². The van der Waals surface area contributed by atoms with E-state index in [0.717, 1.165) is 36.3 Å². The highest BCUT2D eigenvalue weighted by Crippen LogP contribution is 2.60. The number of aromatic nitrogens is 1. The van der Waals surface area contributed by atoms with Crippen LogP contribution in [0.4, 0.5) is 0 Å². The van der Waals surface area contributed by atoms with Crippen LogP contribution in [0.25, 0.3) is 0 Å². The lowest BCUT2D eigenvalue weighted by Gasteiger charge is -2.56. The summed E-state index contributed by atoms with van der Waals surface area (Å²) in [5.41, 5.74) is 1.61. The molecule has 0 radical (unpaired) electrons. The van der Waals surface area contributed by atoms with Crippen molar-refractivity contribution >= 4 is 11.8 Å². The monoisotopic (exact) mass is 547 g/mol. The molecular weight excluding hydrogens is 498 g/mol. The van der Waals surface area contributed by atoms with Crippen LogP contribution in [0.2, 0.25) is 0 Å². The molecule has 1 aromatic carbocycles. The predicted octanol–water partition coefficient (Wildman–Crippen LogP) is 6.37. The van der Waals surface area contributed by atoms with Gasteiger partial charge in [-0.1, -0.05) is 26.0 Å². The molecule has 4 saturated carbocycles. The van der Waals surface area contributed by atoms with E-state index in [4.69, 9.17) is 4.74 Å². The van der Waals surface area contributed by atoms with Gasteiger partial charge in [-0.3, -0.25) is 9.59 Å². The van der Waals surface area contributed by atoms with Crippen LogP contribution in [-0.4, -0.2) is 51.9 Å². The number of hydrogen-bond donors (Lipinski definition) is 0. The highest BCUT2D eigenvalue weighted by Gasteiger charge is 2.55. The Labute approximate surface area is 241 Å². The fourth-order valence-electron chi connectivity index (χ4n) is 8.19. The van der Waals surface area contributed by atoms with Gasteiger partial charge in [0, 0.05) is 30.5 Å². The Kier molecular flexibility index (Phi) is 8.09. The molecule has 0 N–H and O–H groups in total. The number of hydrogen-bond acceptors (Lipinski definition) is 3. The van der Waals surface area contributed by atoms with Gasteiger partial charge in [-0.15, -0.1) is 0 Å². The van der Waals surface area contributed by atoms with E-state index in [0.29, 0.717) is 43.3 Å². The van der Waals surface area contributed by atoms with E-state index in [9.17, 15) is 9.59 Å². The van der Waals surface area contributed by atoms with Crippen molar-refractivity contribution in [1.29, 1.82) is 0 Å². The molecule has 0 atom stereocenters. The molecule has 1 heterocycles. The molecule has 6 nitrogen and oxygen atoms in total. The minimum absolute atomic E-state index is 0.0281. The van der Waals surface area contributed by atoms with Crippen molar-refractivity contribution in [1.82, 2.24) is 14.4 Å². The Morgan fingerprint density at radius 1 is 1.02 bits per heavy atom. The Bertz CT molecular complexity index is 1170. The Hall–Kier alpha value is -2.76. The number of amides is 2. The van der Waals surface area contributed by atoms with Gasteiger partial charge >= 0.3 is 0 Å². The van der Waals surface area contributed by atoms with E-state index in [2.05, 4.69) is 63.6 Å². The molecule has 4 fully saturated rings.